The van der Waals surface area contributed by atoms with Crippen LogP contribution in [0.1, 0.15) is 5.56 Å². The minimum atomic E-state index is 0.543. The lowest BCUT2D eigenvalue weighted by molar-refractivity contribution is 0.414. The Labute approximate surface area is 149 Å². The second kappa shape index (κ2) is 7.79. The van der Waals surface area contributed by atoms with Crippen LogP contribution in [-0.2, 0) is 6.54 Å². The largest absolute Gasteiger partial charge is 0.497 e. The summed E-state index contributed by atoms with van der Waals surface area (Å²) in [5, 5.41) is 6.50. The Balaban J connectivity index is 1.65. The lowest BCUT2D eigenvalue weighted by atomic mass is 10.2. The summed E-state index contributed by atoms with van der Waals surface area (Å²) < 4.78 is 6.12. The molecule has 0 radical (unpaired) electrons. The normalized spacial score (nSPS) is 10.2. The molecule has 122 valence electrons. The maximum Gasteiger partial charge on any atom is 0.229 e. The van der Waals surface area contributed by atoms with E-state index in [1.807, 2.05) is 54.6 Å². The highest BCUT2D eigenvalue weighted by molar-refractivity contribution is 9.10. The van der Waals surface area contributed by atoms with E-state index < -0.39 is 0 Å². The van der Waals surface area contributed by atoms with E-state index in [1.54, 1.807) is 13.3 Å². The van der Waals surface area contributed by atoms with Crippen molar-refractivity contribution in [2.24, 2.45) is 0 Å². The highest BCUT2D eigenvalue weighted by atomic mass is 79.9. The van der Waals surface area contributed by atoms with Gasteiger partial charge in [0, 0.05) is 17.2 Å². The summed E-state index contributed by atoms with van der Waals surface area (Å²) in [4.78, 5) is 8.73. The topological polar surface area (TPSA) is 59.1 Å². The van der Waals surface area contributed by atoms with Crippen molar-refractivity contribution in [1.29, 1.82) is 0 Å². The number of methoxy groups -OCH3 is 1. The summed E-state index contributed by atoms with van der Waals surface area (Å²) in [5.41, 5.74) is 2.07. The summed E-state index contributed by atoms with van der Waals surface area (Å²) in [6.45, 7) is 0.676. The van der Waals surface area contributed by atoms with Gasteiger partial charge in [0.2, 0.25) is 5.95 Å². The van der Waals surface area contributed by atoms with Crippen LogP contribution in [0, 0.1) is 0 Å². The van der Waals surface area contributed by atoms with Crippen molar-refractivity contribution in [1.82, 2.24) is 9.97 Å². The van der Waals surface area contributed by atoms with Crippen LogP contribution in [0.2, 0.25) is 0 Å². The van der Waals surface area contributed by atoms with Crippen molar-refractivity contribution in [3.8, 4) is 5.75 Å². The molecule has 2 aromatic carbocycles. The number of nitrogens with zero attached hydrogens (tertiary/aromatic N) is 2. The van der Waals surface area contributed by atoms with E-state index in [0.717, 1.165) is 27.3 Å². The quantitative estimate of drug-likeness (QED) is 0.649. The Bertz CT molecular complexity index is 808. The third kappa shape index (κ3) is 4.23. The van der Waals surface area contributed by atoms with Crippen LogP contribution in [0.5, 0.6) is 5.75 Å². The van der Waals surface area contributed by atoms with Crippen LogP contribution < -0.4 is 15.4 Å². The lowest BCUT2D eigenvalue weighted by Crippen LogP contribution is -2.04. The van der Waals surface area contributed by atoms with Gasteiger partial charge in [-0.05, 0) is 51.8 Å². The third-order valence-corrected chi connectivity index (χ3v) is 4.10. The van der Waals surface area contributed by atoms with Crippen LogP contribution >= 0.6 is 15.9 Å². The van der Waals surface area contributed by atoms with E-state index in [1.165, 1.54) is 0 Å². The van der Waals surface area contributed by atoms with E-state index >= 15 is 0 Å². The van der Waals surface area contributed by atoms with Gasteiger partial charge in [-0.25, -0.2) is 4.98 Å². The van der Waals surface area contributed by atoms with Gasteiger partial charge in [-0.2, -0.15) is 4.98 Å². The first-order chi connectivity index (χ1) is 11.7. The number of rotatable bonds is 6. The number of hydrogen-bond donors (Lipinski definition) is 2. The summed E-state index contributed by atoms with van der Waals surface area (Å²) in [5.74, 6) is 2.15. The maximum atomic E-state index is 5.16. The number of aromatic nitrogens is 2. The molecule has 6 heteroatoms. The first kappa shape index (κ1) is 16.3. The molecular formula is C18H17BrN4O. The van der Waals surface area contributed by atoms with Crippen molar-refractivity contribution in [3.05, 3.63) is 70.8 Å². The molecule has 0 bridgehead atoms. The molecule has 0 saturated carbocycles. The number of anilines is 3. The second-order valence-electron chi connectivity index (χ2n) is 5.07. The summed E-state index contributed by atoms with van der Waals surface area (Å²) in [6.07, 6.45) is 1.72. The van der Waals surface area contributed by atoms with E-state index in [2.05, 4.69) is 36.5 Å². The smallest absolute Gasteiger partial charge is 0.229 e. The number of hydrogen-bond acceptors (Lipinski definition) is 5. The molecule has 1 aromatic heterocycles. The summed E-state index contributed by atoms with van der Waals surface area (Å²) >= 11 is 3.50. The molecule has 1 heterocycles. The third-order valence-electron chi connectivity index (χ3n) is 3.41. The highest BCUT2D eigenvalue weighted by Gasteiger charge is 2.03. The van der Waals surface area contributed by atoms with Crippen LogP contribution in [0.3, 0.4) is 0 Å². The molecule has 0 unspecified atom stereocenters. The molecule has 0 aliphatic heterocycles. The first-order valence-corrected chi connectivity index (χ1v) is 8.25. The molecule has 24 heavy (non-hydrogen) atoms. The Morgan fingerprint density at radius 2 is 1.83 bits per heavy atom. The maximum absolute atomic E-state index is 5.16. The monoisotopic (exact) mass is 384 g/mol. The first-order valence-electron chi connectivity index (χ1n) is 7.46. The highest BCUT2D eigenvalue weighted by Crippen LogP contribution is 2.24. The minimum Gasteiger partial charge on any atom is -0.497 e. The summed E-state index contributed by atoms with van der Waals surface area (Å²) in [7, 11) is 1.66. The SMILES string of the molecule is COc1ccc(CNc2ccnc(Nc3ccccc3Br)n2)cc1. The molecule has 0 aliphatic rings. The second-order valence-corrected chi connectivity index (χ2v) is 5.93. The Morgan fingerprint density at radius 1 is 1.04 bits per heavy atom. The van der Waals surface area contributed by atoms with E-state index in [-0.39, 0.29) is 0 Å². The molecule has 3 rings (SSSR count). The fourth-order valence-electron chi connectivity index (χ4n) is 2.14. The molecule has 0 spiro atoms. The molecule has 3 aromatic rings. The zero-order valence-corrected chi connectivity index (χ0v) is 14.7. The van der Waals surface area contributed by atoms with Gasteiger partial charge in [-0.3, -0.25) is 0 Å². The fourth-order valence-corrected chi connectivity index (χ4v) is 2.52. The number of halogens is 1. The van der Waals surface area contributed by atoms with Crippen molar-refractivity contribution >= 4 is 33.4 Å². The standard InChI is InChI=1S/C18H17BrN4O/c1-24-14-8-6-13(7-9-14)12-21-17-10-11-20-18(23-17)22-16-5-3-2-4-15(16)19/h2-11H,12H2,1H3,(H2,20,21,22,23). The summed E-state index contributed by atoms with van der Waals surface area (Å²) in [6, 6.07) is 17.6. The van der Waals surface area contributed by atoms with Gasteiger partial charge >= 0.3 is 0 Å². The number of benzene rings is 2. The van der Waals surface area contributed by atoms with Crippen molar-refractivity contribution in [3.63, 3.8) is 0 Å². The van der Waals surface area contributed by atoms with Gasteiger partial charge in [0.05, 0.1) is 12.8 Å². The number of para-hydroxylation sites is 1. The molecule has 0 atom stereocenters. The van der Waals surface area contributed by atoms with Crippen LogP contribution in [0.25, 0.3) is 0 Å². The lowest BCUT2D eigenvalue weighted by Gasteiger charge is -2.10. The molecule has 5 nitrogen and oxygen atoms in total. The van der Waals surface area contributed by atoms with Gasteiger partial charge in [0.1, 0.15) is 11.6 Å². The minimum absolute atomic E-state index is 0.543. The number of ether oxygens (including phenoxy) is 1. The average Bonchev–Trinajstić information content (AvgIpc) is 2.63. The molecule has 0 aliphatic carbocycles. The molecule has 2 N–H and O–H groups in total. The van der Waals surface area contributed by atoms with E-state index in [9.17, 15) is 0 Å². The van der Waals surface area contributed by atoms with Gasteiger partial charge in [-0.15, -0.1) is 0 Å². The van der Waals surface area contributed by atoms with Gasteiger partial charge in [0.25, 0.3) is 0 Å². The number of nitrogens with one attached hydrogen (secondary N) is 2. The Morgan fingerprint density at radius 3 is 2.58 bits per heavy atom. The van der Waals surface area contributed by atoms with Crippen molar-refractivity contribution in [2.45, 2.75) is 6.54 Å². The Kier molecular flexibility index (Phi) is 5.28. The predicted molar refractivity (Wildman–Crippen MR) is 99.8 cm³/mol. The molecule has 0 fully saturated rings. The van der Waals surface area contributed by atoms with Crippen molar-refractivity contribution in [2.75, 3.05) is 17.7 Å². The zero-order chi connectivity index (χ0) is 16.8. The fraction of sp³-hybridized carbons (Fsp3) is 0.111. The zero-order valence-electron chi connectivity index (χ0n) is 13.2. The van der Waals surface area contributed by atoms with Gasteiger partial charge in [-0.1, -0.05) is 24.3 Å². The molecular weight excluding hydrogens is 368 g/mol. The van der Waals surface area contributed by atoms with Gasteiger partial charge < -0.3 is 15.4 Å². The predicted octanol–water partition coefficient (Wildman–Crippen LogP) is 4.60. The average molecular weight is 385 g/mol. The van der Waals surface area contributed by atoms with E-state index in [0.29, 0.717) is 12.5 Å². The molecule has 0 saturated heterocycles. The molecule has 0 amide bonds. The van der Waals surface area contributed by atoms with Crippen LogP contribution in [-0.4, -0.2) is 17.1 Å². The van der Waals surface area contributed by atoms with E-state index in [4.69, 9.17) is 4.74 Å². The van der Waals surface area contributed by atoms with Crippen LogP contribution in [0.4, 0.5) is 17.5 Å². The Hall–Kier alpha value is -2.60. The van der Waals surface area contributed by atoms with Crippen LogP contribution in [0.15, 0.2) is 65.3 Å². The van der Waals surface area contributed by atoms with Crippen molar-refractivity contribution < 1.29 is 4.74 Å². The van der Waals surface area contributed by atoms with Gasteiger partial charge in [0.15, 0.2) is 0 Å².